The van der Waals surface area contributed by atoms with Crippen molar-refractivity contribution in [2.45, 2.75) is 42.2 Å². The molecule has 3 nitrogen and oxygen atoms in total. The Balaban J connectivity index is 1.96. The van der Waals surface area contributed by atoms with Crippen molar-refractivity contribution in [2.75, 3.05) is 0 Å². The maximum atomic E-state index is 9.75. The van der Waals surface area contributed by atoms with Gasteiger partial charge >= 0.3 is 0 Å². The summed E-state index contributed by atoms with van der Waals surface area (Å²) < 4.78 is 0. The summed E-state index contributed by atoms with van der Waals surface area (Å²) >= 11 is 1.60. The zero-order valence-corrected chi connectivity index (χ0v) is 8.78. The molecular formula is C10H14N2OS. The van der Waals surface area contributed by atoms with Crippen LogP contribution in [0.25, 0.3) is 0 Å². The lowest BCUT2D eigenvalue weighted by Gasteiger charge is -2.25. The van der Waals surface area contributed by atoms with E-state index in [0.717, 1.165) is 24.4 Å². The number of aliphatic hydroxyl groups excluding tert-OH is 1. The summed E-state index contributed by atoms with van der Waals surface area (Å²) in [6.07, 6.45) is 7.65. The van der Waals surface area contributed by atoms with E-state index in [2.05, 4.69) is 9.97 Å². The Morgan fingerprint density at radius 1 is 1.21 bits per heavy atom. The van der Waals surface area contributed by atoms with Gasteiger partial charge < -0.3 is 5.11 Å². The van der Waals surface area contributed by atoms with Crippen molar-refractivity contribution >= 4 is 11.8 Å². The average molecular weight is 210 g/mol. The van der Waals surface area contributed by atoms with Crippen LogP contribution in [0.4, 0.5) is 0 Å². The molecule has 1 aromatic heterocycles. The molecule has 0 bridgehead atoms. The number of thioether (sulfide) groups is 1. The minimum atomic E-state index is -0.183. The highest BCUT2D eigenvalue weighted by Gasteiger charge is 2.24. The smallest absolute Gasteiger partial charge is 0.187 e. The fourth-order valence-electron chi connectivity index (χ4n) is 1.70. The molecule has 0 spiro atoms. The van der Waals surface area contributed by atoms with Crippen LogP contribution in [0.2, 0.25) is 0 Å². The van der Waals surface area contributed by atoms with Gasteiger partial charge in [-0.05, 0) is 18.9 Å². The monoisotopic (exact) mass is 210 g/mol. The van der Waals surface area contributed by atoms with Crippen LogP contribution in [0.15, 0.2) is 23.6 Å². The summed E-state index contributed by atoms with van der Waals surface area (Å²) in [5.74, 6) is 0. The highest BCUT2D eigenvalue weighted by Crippen LogP contribution is 2.31. The minimum Gasteiger partial charge on any atom is -0.392 e. The molecule has 1 heterocycles. The van der Waals surface area contributed by atoms with E-state index < -0.39 is 0 Å². The van der Waals surface area contributed by atoms with Gasteiger partial charge in [-0.15, -0.1) is 0 Å². The Morgan fingerprint density at radius 3 is 2.64 bits per heavy atom. The Labute approximate surface area is 88.0 Å². The van der Waals surface area contributed by atoms with E-state index in [1.165, 1.54) is 6.42 Å². The lowest BCUT2D eigenvalue weighted by atomic mass is 9.97. The van der Waals surface area contributed by atoms with Crippen molar-refractivity contribution in [3.05, 3.63) is 18.5 Å². The van der Waals surface area contributed by atoms with Crippen molar-refractivity contribution in [1.82, 2.24) is 9.97 Å². The zero-order chi connectivity index (χ0) is 9.80. The average Bonchev–Trinajstić information content (AvgIpc) is 2.23. The molecular weight excluding hydrogens is 196 g/mol. The number of rotatable bonds is 2. The van der Waals surface area contributed by atoms with Crippen LogP contribution in [0.3, 0.4) is 0 Å². The topological polar surface area (TPSA) is 46.0 Å². The van der Waals surface area contributed by atoms with E-state index in [0.29, 0.717) is 0 Å². The van der Waals surface area contributed by atoms with Gasteiger partial charge in [0.15, 0.2) is 5.16 Å². The van der Waals surface area contributed by atoms with Crippen molar-refractivity contribution in [1.29, 1.82) is 0 Å². The molecule has 0 aliphatic heterocycles. The summed E-state index contributed by atoms with van der Waals surface area (Å²) in [5, 5.41) is 10.8. The molecule has 0 saturated heterocycles. The first kappa shape index (κ1) is 9.93. The highest BCUT2D eigenvalue weighted by atomic mass is 32.2. The van der Waals surface area contributed by atoms with E-state index >= 15 is 0 Å². The van der Waals surface area contributed by atoms with E-state index in [9.17, 15) is 5.11 Å². The molecule has 76 valence electrons. The fourth-order valence-corrected chi connectivity index (χ4v) is 2.79. The van der Waals surface area contributed by atoms with Gasteiger partial charge in [0.2, 0.25) is 0 Å². The molecule has 0 unspecified atom stereocenters. The van der Waals surface area contributed by atoms with Crippen LogP contribution in [0.5, 0.6) is 0 Å². The first-order chi connectivity index (χ1) is 6.86. The quantitative estimate of drug-likeness (QED) is 0.757. The highest BCUT2D eigenvalue weighted by molar-refractivity contribution is 7.99. The largest absolute Gasteiger partial charge is 0.392 e. The van der Waals surface area contributed by atoms with E-state index in [1.807, 2.05) is 0 Å². The molecule has 1 N–H and O–H groups in total. The normalized spacial score (nSPS) is 27.5. The van der Waals surface area contributed by atoms with Crippen LogP contribution in [0.1, 0.15) is 25.7 Å². The SMILES string of the molecule is O[C@H]1CCCC[C@@H]1Sc1ncccn1. The molecule has 1 aliphatic carbocycles. The Morgan fingerprint density at radius 2 is 1.93 bits per heavy atom. The third-order valence-electron chi connectivity index (χ3n) is 2.47. The lowest BCUT2D eigenvalue weighted by Crippen LogP contribution is -2.26. The summed E-state index contributed by atoms with van der Waals surface area (Å²) in [6.45, 7) is 0. The maximum Gasteiger partial charge on any atom is 0.187 e. The Hall–Kier alpha value is -0.610. The van der Waals surface area contributed by atoms with E-state index in [1.54, 1.807) is 30.2 Å². The predicted octanol–water partition coefficient (Wildman–Crippen LogP) is 1.87. The Kier molecular flexibility index (Phi) is 3.37. The van der Waals surface area contributed by atoms with Gasteiger partial charge in [0, 0.05) is 17.6 Å². The van der Waals surface area contributed by atoms with Gasteiger partial charge in [-0.25, -0.2) is 9.97 Å². The van der Waals surface area contributed by atoms with Gasteiger partial charge in [0.1, 0.15) is 0 Å². The van der Waals surface area contributed by atoms with Crippen LogP contribution in [-0.2, 0) is 0 Å². The molecule has 2 atom stereocenters. The predicted molar refractivity (Wildman–Crippen MR) is 56.2 cm³/mol. The van der Waals surface area contributed by atoms with Crippen molar-refractivity contribution in [3.63, 3.8) is 0 Å². The molecule has 0 aromatic carbocycles. The first-order valence-corrected chi connectivity index (χ1v) is 5.86. The van der Waals surface area contributed by atoms with Gasteiger partial charge in [-0.2, -0.15) is 0 Å². The summed E-state index contributed by atoms with van der Waals surface area (Å²) in [6, 6.07) is 1.81. The van der Waals surface area contributed by atoms with Crippen molar-refractivity contribution < 1.29 is 5.11 Å². The van der Waals surface area contributed by atoms with Crippen LogP contribution in [-0.4, -0.2) is 26.4 Å². The molecule has 0 radical (unpaired) electrons. The van der Waals surface area contributed by atoms with Gasteiger partial charge in [0.25, 0.3) is 0 Å². The number of hydrogen-bond acceptors (Lipinski definition) is 4. The van der Waals surface area contributed by atoms with Gasteiger partial charge in [-0.1, -0.05) is 24.6 Å². The molecule has 1 saturated carbocycles. The summed E-state index contributed by atoms with van der Waals surface area (Å²) in [4.78, 5) is 8.30. The fraction of sp³-hybridized carbons (Fsp3) is 0.600. The number of nitrogens with zero attached hydrogens (tertiary/aromatic N) is 2. The number of hydrogen-bond donors (Lipinski definition) is 1. The number of aliphatic hydroxyl groups is 1. The molecule has 4 heteroatoms. The van der Waals surface area contributed by atoms with E-state index in [-0.39, 0.29) is 11.4 Å². The zero-order valence-electron chi connectivity index (χ0n) is 7.97. The molecule has 1 aliphatic rings. The van der Waals surface area contributed by atoms with Crippen molar-refractivity contribution in [3.8, 4) is 0 Å². The van der Waals surface area contributed by atoms with Gasteiger partial charge in [-0.3, -0.25) is 0 Å². The van der Waals surface area contributed by atoms with Crippen LogP contribution < -0.4 is 0 Å². The molecule has 2 rings (SSSR count). The van der Waals surface area contributed by atoms with Crippen LogP contribution >= 0.6 is 11.8 Å². The molecule has 1 fully saturated rings. The Bertz CT molecular complexity index is 281. The van der Waals surface area contributed by atoms with Crippen molar-refractivity contribution in [2.24, 2.45) is 0 Å². The second-order valence-corrected chi connectivity index (χ2v) is 4.75. The summed E-state index contributed by atoms with van der Waals surface area (Å²) in [5.41, 5.74) is 0. The third-order valence-corrected chi connectivity index (χ3v) is 3.74. The molecule has 14 heavy (non-hydrogen) atoms. The molecule has 1 aromatic rings. The second-order valence-electron chi connectivity index (χ2n) is 3.54. The molecule has 0 amide bonds. The first-order valence-electron chi connectivity index (χ1n) is 4.98. The standard InChI is InChI=1S/C10H14N2OS/c13-8-4-1-2-5-9(8)14-10-11-6-3-7-12-10/h3,6-9,13H,1-2,4-5H2/t8-,9-/m0/s1. The number of aromatic nitrogens is 2. The summed E-state index contributed by atoms with van der Waals surface area (Å²) in [7, 11) is 0. The van der Waals surface area contributed by atoms with Gasteiger partial charge in [0.05, 0.1) is 6.10 Å². The van der Waals surface area contributed by atoms with E-state index in [4.69, 9.17) is 0 Å². The maximum absolute atomic E-state index is 9.75. The second kappa shape index (κ2) is 4.75. The third kappa shape index (κ3) is 2.45. The lowest BCUT2D eigenvalue weighted by molar-refractivity contribution is 0.137. The van der Waals surface area contributed by atoms with Crippen LogP contribution in [0, 0.1) is 0 Å². The minimum absolute atomic E-state index is 0.183.